The zero-order valence-corrected chi connectivity index (χ0v) is 13.6. The number of halogens is 1. The molecule has 0 spiro atoms. The molecule has 1 atom stereocenters. The molecule has 0 saturated carbocycles. The lowest BCUT2D eigenvalue weighted by atomic mass is 10.0. The van der Waals surface area contributed by atoms with Crippen molar-refractivity contribution in [2.24, 2.45) is 0 Å². The van der Waals surface area contributed by atoms with Crippen LogP contribution in [0.3, 0.4) is 0 Å². The molecule has 1 unspecified atom stereocenters. The van der Waals surface area contributed by atoms with Crippen LogP contribution in [0.15, 0.2) is 42.5 Å². The molecular weight excluding hydrogens is 327 g/mol. The number of benzene rings is 2. The fourth-order valence-electron chi connectivity index (χ4n) is 2.88. The second kappa shape index (κ2) is 6.98. The SMILES string of the molecule is Cc1ccc([N+](=O)[O-])cc1C(=O)N1CCOC(c2ccccc2F)C1. The molecule has 1 amide bonds. The van der Waals surface area contributed by atoms with Crippen molar-refractivity contribution in [2.45, 2.75) is 13.0 Å². The average Bonchev–Trinajstić information content (AvgIpc) is 2.62. The Morgan fingerprint density at radius 2 is 2.08 bits per heavy atom. The first-order valence-electron chi connectivity index (χ1n) is 7.87. The lowest BCUT2D eigenvalue weighted by Crippen LogP contribution is -2.42. The standard InChI is InChI=1S/C18H17FN2O4/c1-12-6-7-13(21(23)24)10-15(12)18(22)20-8-9-25-17(11-20)14-4-2-3-5-16(14)19/h2-7,10,17H,8-9,11H2,1H3. The van der Waals surface area contributed by atoms with Gasteiger partial charge in [0.15, 0.2) is 0 Å². The number of nitrogens with zero attached hydrogens (tertiary/aromatic N) is 2. The Kier molecular flexibility index (Phi) is 4.76. The van der Waals surface area contributed by atoms with Crippen LogP contribution >= 0.6 is 0 Å². The fourth-order valence-corrected chi connectivity index (χ4v) is 2.88. The van der Waals surface area contributed by atoms with Crippen molar-refractivity contribution in [3.63, 3.8) is 0 Å². The molecule has 1 saturated heterocycles. The molecule has 0 aromatic heterocycles. The molecule has 1 fully saturated rings. The van der Waals surface area contributed by atoms with Crippen LogP contribution in [0, 0.1) is 22.9 Å². The summed E-state index contributed by atoms with van der Waals surface area (Å²) in [4.78, 5) is 24.8. The molecule has 6 nitrogen and oxygen atoms in total. The first kappa shape index (κ1) is 17.0. The van der Waals surface area contributed by atoms with Gasteiger partial charge in [0.2, 0.25) is 0 Å². The van der Waals surface area contributed by atoms with Crippen molar-refractivity contribution in [3.05, 3.63) is 75.1 Å². The summed E-state index contributed by atoms with van der Waals surface area (Å²) in [6.07, 6.45) is -0.557. The minimum atomic E-state index is -0.557. The van der Waals surface area contributed by atoms with Gasteiger partial charge in [-0.25, -0.2) is 4.39 Å². The third kappa shape index (κ3) is 3.51. The first-order chi connectivity index (χ1) is 12.0. The third-order valence-electron chi connectivity index (χ3n) is 4.27. The van der Waals surface area contributed by atoms with E-state index in [1.165, 1.54) is 18.2 Å². The monoisotopic (exact) mass is 344 g/mol. The van der Waals surface area contributed by atoms with Gasteiger partial charge >= 0.3 is 0 Å². The number of amides is 1. The minimum Gasteiger partial charge on any atom is -0.370 e. The molecule has 0 bridgehead atoms. The molecule has 130 valence electrons. The lowest BCUT2D eigenvalue weighted by molar-refractivity contribution is -0.384. The Bertz CT molecular complexity index is 824. The highest BCUT2D eigenvalue weighted by Crippen LogP contribution is 2.26. The molecule has 2 aromatic rings. The number of hydrogen-bond acceptors (Lipinski definition) is 4. The number of rotatable bonds is 3. The number of non-ortho nitro benzene ring substituents is 1. The van der Waals surface area contributed by atoms with E-state index in [2.05, 4.69) is 0 Å². The highest BCUT2D eigenvalue weighted by molar-refractivity contribution is 5.96. The molecule has 1 aliphatic heterocycles. The molecular formula is C18H17FN2O4. The highest BCUT2D eigenvalue weighted by Gasteiger charge is 2.29. The summed E-state index contributed by atoms with van der Waals surface area (Å²) in [5.41, 5.74) is 1.21. The molecule has 3 rings (SSSR count). The van der Waals surface area contributed by atoms with Crippen LogP contribution < -0.4 is 0 Å². The summed E-state index contributed by atoms with van der Waals surface area (Å²) in [7, 11) is 0. The Morgan fingerprint density at radius 3 is 2.80 bits per heavy atom. The van der Waals surface area contributed by atoms with Crippen molar-refractivity contribution in [2.75, 3.05) is 19.7 Å². The summed E-state index contributed by atoms with van der Waals surface area (Å²) >= 11 is 0. The van der Waals surface area contributed by atoms with Crippen molar-refractivity contribution in [1.29, 1.82) is 0 Å². The van der Waals surface area contributed by atoms with Crippen LogP contribution in [0.5, 0.6) is 0 Å². The maximum atomic E-state index is 14.0. The largest absolute Gasteiger partial charge is 0.370 e. The summed E-state index contributed by atoms with van der Waals surface area (Å²) < 4.78 is 19.6. The Balaban J connectivity index is 1.84. The maximum absolute atomic E-state index is 14.0. The van der Waals surface area contributed by atoms with Crippen LogP contribution in [0.2, 0.25) is 0 Å². The van der Waals surface area contributed by atoms with E-state index >= 15 is 0 Å². The van der Waals surface area contributed by atoms with Gasteiger partial charge in [-0.15, -0.1) is 0 Å². The Labute approximate surface area is 144 Å². The zero-order valence-electron chi connectivity index (χ0n) is 13.6. The van der Waals surface area contributed by atoms with Gasteiger partial charge in [0, 0.05) is 29.8 Å². The molecule has 1 aliphatic rings. The van der Waals surface area contributed by atoms with Gasteiger partial charge in [0.1, 0.15) is 11.9 Å². The van der Waals surface area contributed by atoms with Crippen molar-refractivity contribution in [3.8, 4) is 0 Å². The number of carbonyl (C=O) groups excluding carboxylic acids is 1. The number of nitro benzene ring substituents is 1. The summed E-state index contributed by atoms with van der Waals surface area (Å²) in [5, 5.41) is 11.0. The van der Waals surface area contributed by atoms with Gasteiger partial charge in [0.05, 0.1) is 18.1 Å². The van der Waals surface area contributed by atoms with E-state index in [-0.39, 0.29) is 36.1 Å². The zero-order chi connectivity index (χ0) is 18.0. The van der Waals surface area contributed by atoms with Gasteiger partial charge in [-0.2, -0.15) is 0 Å². The van der Waals surface area contributed by atoms with Crippen LogP contribution in [0.1, 0.15) is 27.6 Å². The normalized spacial score (nSPS) is 17.4. The summed E-state index contributed by atoms with van der Waals surface area (Å²) in [5.74, 6) is -0.695. The second-order valence-corrected chi connectivity index (χ2v) is 5.89. The minimum absolute atomic E-state index is 0.132. The molecule has 0 aliphatic carbocycles. The lowest BCUT2D eigenvalue weighted by Gasteiger charge is -2.33. The van der Waals surface area contributed by atoms with Gasteiger partial charge in [0.25, 0.3) is 11.6 Å². The summed E-state index contributed by atoms with van der Waals surface area (Å²) in [6.45, 7) is 2.55. The van der Waals surface area contributed by atoms with Gasteiger partial charge < -0.3 is 9.64 Å². The van der Waals surface area contributed by atoms with Crippen LogP contribution in [-0.2, 0) is 4.74 Å². The van der Waals surface area contributed by atoms with E-state index in [1.807, 2.05) is 0 Å². The van der Waals surface area contributed by atoms with Crippen LogP contribution in [0.25, 0.3) is 0 Å². The van der Waals surface area contributed by atoms with Crippen molar-refractivity contribution < 1.29 is 18.8 Å². The van der Waals surface area contributed by atoms with Crippen LogP contribution in [-0.4, -0.2) is 35.4 Å². The number of carbonyl (C=O) groups is 1. The number of ether oxygens (including phenoxy) is 1. The second-order valence-electron chi connectivity index (χ2n) is 5.89. The van der Waals surface area contributed by atoms with Gasteiger partial charge in [-0.3, -0.25) is 14.9 Å². The molecule has 1 heterocycles. The summed E-state index contributed by atoms with van der Waals surface area (Å²) in [6, 6.07) is 10.5. The predicted molar refractivity (Wildman–Crippen MR) is 88.8 cm³/mol. The van der Waals surface area contributed by atoms with E-state index < -0.39 is 11.0 Å². The quantitative estimate of drug-likeness (QED) is 0.633. The number of morpholine rings is 1. The topological polar surface area (TPSA) is 72.7 Å². The van der Waals surface area contributed by atoms with Gasteiger partial charge in [-0.05, 0) is 18.6 Å². The molecule has 7 heteroatoms. The number of nitro groups is 1. The van der Waals surface area contributed by atoms with Crippen molar-refractivity contribution in [1.82, 2.24) is 4.90 Å². The van der Waals surface area contributed by atoms with E-state index in [4.69, 9.17) is 4.74 Å². The highest BCUT2D eigenvalue weighted by atomic mass is 19.1. The number of hydrogen-bond donors (Lipinski definition) is 0. The van der Waals surface area contributed by atoms with E-state index in [9.17, 15) is 19.3 Å². The number of aryl methyl sites for hydroxylation is 1. The molecule has 25 heavy (non-hydrogen) atoms. The van der Waals surface area contributed by atoms with E-state index in [0.29, 0.717) is 17.7 Å². The molecule has 0 radical (unpaired) electrons. The van der Waals surface area contributed by atoms with E-state index in [1.54, 1.807) is 36.1 Å². The smallest absolute Gasteiger partial charge is 0.270 e. The van der Waals surface area contributed by atoms with Crippen molar-refractivity contribution >= 4 is 11.6 Å². The fraction of sp³-hybridized carbons (Fsp3) is 0.278. The maximum Gasteiger partial charge on any atom is 0.270 e. The Morgan fingerprint density at radius 1 is 1.32 bits per heavy atom. The predicted octanol–water partition coefficient (Wildman–Crippen LogP) is 3.26. The molecule has 0 N–H and O–H groups in total. The van der Waals surface area contributed by atoms with E-state index in [0.717, 1.165) is 0 Å². The molecule has 2 aromatic carbocycles. The van der Waals surface area contributed by atoms with Gasteiger partial charge in [-0.1, -0.05) is 24.3 Å². The van der Waals surface area contributed by atoms with Crippen LogP contribution in [0.4, 0.5) is 10.1 Å². The Hall–Kier alpha value is -2.80. The third-order valence-corrected chi connectivity index (χ3v) is 4.27. The first-order valence-corrected chi connectivity index (χ1v) is 7.87. The average molecular weight is 344 g/mol.